The molecule has 1 aliphatic rings. The van der Waals surface area contributed by atoms with E-state index < -0.39 is 5.54 Å². The van der Waals surface area contributed by atoms with Gasteiger partial charge in [0.05, 0.1) is 11.6 Å². The first-order valence-corrected chi connectivity index (χ1v) is 6.67. The standard InChI is InChI=1S/C15H18N2O2.ClH/c1-10(17-14(18)15(16)7-4-8-15)13-9-11-5-2-3-6-12(11)19-13;/h2-3,5-6,9-10H,4,7-8,16H2,1H3,(H,17,18);1H. The fraction of sp³-hybridized carbons (Fsp3) is 0.400. The van der Waals surface area contributed by atoms with Gasteiger partial charge in [-0.25, -0.2) is 0 Å². The molecule has 3 N–H and O–H groups in total. The van der Waals surface area contributed by atoms with E-state index in [-0.39, 0.29) is 24.4 Å². The lowest BCUT2D eigenvalue weighted by atomic mass is 9.77. The van der Waals surface area contributed by atoms with Gasteiger partial charge in [-0.2, -0.15) is 0 Å². The van der Waals surface area contributed by atoms with E-state index in [1.54, 1.807) is 0 Å². The molecule has 20 heavy (non-hydrogen) atoms. The quantitative estimate of drug-likeness (QED) is 0.914. The van der Waals surface area contributed by atoms with E-state index >= 15 is 0 Å². The van der Waals surface area contributed by atoms with E-state index in [1.807, 2.05) is 37.3 Å². The Bertz CT molecular complexity index is 586. The average molecular weight is 295 g/mol. The second-order valence-corrected chi connectivity index (χ2v) is 5.39. The van der Waals surface area contributed by atoms with Gasteiger partial charge in [0.15, 0.2) is 0 Å². The van der Waals surface area contributed by atoms with E-state index in [0.29, 0.717) is 0 Å². The number of nitrogens with one attached hydrogen (secondary N) is 1. The summed E-state index contributed by atoms with van der Waals surface area (Å²) < 4.78 is 5.74. The number of furan rings is 1. The zero-order chi connectivity index (χ0) is 13.5. The van der Waals surface area contributed by atoms with Gasteiger partial charge in [-0.05, 0) is 38.3 Å². The van der Waals surface area contributed by atoms with E-state index in [9.17, 15) is 4.79 Å². The monoisotopic (exact) mass is 294 g/mol. The van der Waals surface area contributed by atoms with Crippen molar-refractivity contribution in [1.82, 2.24) is 5.32 Å². The number of rotatable bonds is 3. The number of carbonyl (C=O) groups excluding carboxylic acids is 1. The predicted octanol–water partition coefficient (Wildman–Crippen LogP) is 2.91. The Labute approximate surface area is 124 Å². The van der Waals surface area contributed by atoms with Crippen molar-refractivity contribution in [2.75, 3.05) is 0 Å². The third-order valence-corrected chi connectivity index (χ3v) is 3.92. The van der Waals surface area contributed by atoms with Crippen molar-refractivity contribution in [1.29, 1.82) is 0 Å². The fourth-order valence-electron chi connectivity index (χ4n) is 2.41. The molecule has 1 heterocycles. The summed E-state index contributed by atoms with van der Waals surface area (Å²) in [6.07, 6.45) is 2.57. The SMILES string of the molecule is CC(NC(=O)C1(N)CCC1)c1cc2ccccc2o1.Cl. The summed E-state index contributed by atoms with van der Waals surface area (Å²) in [6, 6.07) is 9.61. The number of halogens is 1. The maximum absolute atomic E-state index is 12.1. The highest BCUT2D eigenvalue weighted by molar-refractivity contribution is 5.87. The highest BCUT2D eigenvalue weighted by Crippen LogP contribution is 2.30. The highest BCUT2D eigenvalue weighted by Gasteiger charge is 2.40. The first-order valence-electron chi connectivity index (χ1n) is 6.67. The minimum atomic E-state index is -0.666. The van der Waals surface area contributed by atoms with Crippen LogP contribution in [-0.2, 0) is 4.79 Å². The summed E-state index contributed by atoms with van der Waals surface area (Å²) in [5, 5.41) is 3.99. The normalized spacial score (nSPS) is 17.9. The summed E-state index contributed by atoms with van der Waals surface area (Å²) in [5.41, 5.74) is 6.18. The van der Waals surface area contributed by atoms with Crippen LogP contribution in [0, 0.1) is 0 Å². The molecule has 0 radical (unpaired) electrons. The third kappa shape index (κ3) is 2.53. The summed E-state index contributed by atoms with van der Waals surface area (Å²) in [5.74, 6) is 0.684. The minimum absolute atomic E-state index is 0. The van der Waals surface area contributed by atoms with Crippen LogP contribution >= 0.6 is 12.4 Å². The minimum Gasteiger partial charge on any atom is -0.459 e. The summed E-state index contributed by atoms with van der Waals surface area (Å²) >= 11 is 0. The van der Waals surface area contributed by atoms with Gasteiger partial charge in [0.1, 0.15) is 11.3 Å². The molecule has 1 aliphatic carbocycles. The molecule has 1 saturated carbocycles. The van der Waals surface area contributed by atoms with Crippen LogP contribution in [0.25, 0.3) is 11.0 Å². The Morgan fingerprint density at radius 1 is 1.40 bits per heavy atom. The predicted molar refractivity (Wildman–Crippen MR) is 80.8 cm³/mol. The molecule has 0 saturated heterocycles. The Balaban J connectivity index is 0.00000147. The molecule has 0 aliphatic heterocycles. The molecular weight excluding hydrogens is 276 g/mol. The molecule has 1 aromatic carbocycles. The molecule has 0 bridgehead atoms. The number of hydrogen-bond acceptors (Lipinski definition) is 3. The van der Waals surface area contributed by atoms with Crippen LogP contribution in [0.3, 0.4) is 0 Å². The van der Waals surface area contributed by atoms with Gasteiger partial charge < -0.3 is 15.5 Å². The van der Waals surface area contributed by atoms with Gasteiger partial charge >= 0.3 is 0 Å². The number of benzene rings is 1. The molecule has 1 unspecified atom stereocenters. The molecule has 1 fully saturated rings. The molecule has 3 rings (SSSR count). The van der Waals surface area contributed by atoms with Crippen LogP contribution in [0.2, 0.25) is 0 Å². The van der Waals surface area contributed by atoms with Crippen LogP contribution in [0.5, 0.6) is 0 Å². The van der Waals surface area contributed by atoms with Crippen molar-refractivity contribution in [3.63, 3.8) is 0 Å². The summed E-state index contributed by atoms with van der Waals surface area (Å²) in [6.45, 7) is 1.91. The lowest BCUT2D eigenvalue weighted by molar-refractivity contribution is -0.130. The molecule has 0 spiro atoms. The van der Waals surface area contributed by atoms with Gasteiger partial charge in [0.2, 0.25) is 5.91 Å². The molecule has 5 heteroatoms. The van der Waals surface area contributed by atoms with Crippen molar-refractivity contribution in [3.05, 3.63) is 36.1 Å². The van der Waals surface area contributed by atoms with Gasteiger partial charge in [0.25, 0.3) is 0 Å². The molecule has 1 aromatic heterocycles. The fourth-order valence-corrected chi connectivity index (χ4v) is 2.41. The van der Waals surface area contributed by atoms with Gasteiger partial charge in [-0.3, -0.25) is 4.79 Å². The zero-order valence-electron chi connectivity index (χ0n) is 11.4. The van der Waals surface area contributed by atoms with Crippen molar-refractivity contribution >= 4 is 29.3 Å². The van der Waals surface area contributed by atoms with Crippen LogP contribution < -0.4 is 11.1 Å². The second kappa shape index (κ2) is 5.46. The van der Waals surface area contributed by atoms with Crippen molar-refractivity contribution in [2.24, 2.45) is 5.73 Å². The Morgan fingerprint density at radius 3 is 2.70 bits per heavy atom. The Hall–Kier alpha value is -1.52. The molecule has 2 aromatic rings. The van der Waals surface area contributed by atoms with Crippen LogP contribution in [0.1, 0.15) is 38.0 Å². The summed E-state index contributed by atoms with van der Waals surface area (Å²) in [7, 11) is 0. The lowest BCUT2D eigenvalue weighted by Crippen LogP contribution is -2.58. The number of carbonyl (C=O) groups is 1. The van der Waals surface area contributed by atoms with Crippen LogP contribution in [0.4, 0.5) is 0 Å². The smallest absolute Gasteiger partial charge is 0.240 e. The Kier molecular flexibility index (Phi) is 4.06. The van der Waals surface area contributed by atoms with Gasteiger partial charge in [0, 0.05) is 5.39 Å². The molecule has 1 amide bonds. The number of hydrogen-bond donors (Lipinski definition) is 2. The van der Waals surface area contributed by atoms with Crippen molar-refractivity contribution in [2.45, 2.75) is 37.8 Å². The first-order chi connectivity index (χ1) is 9.08. The lowest BCUT2D eigenvalue weighted by Gasteiger charge is -2.36. The topological polar surface area (TPSA) is 68.3 Å². The van der Waals surface area contributed by atoms with E-state index in [4.69, 9.17) is 10.2 Å². The van der Waals surface area contributed by atoms with Crippen LogP contribution in [-0.4, -0.2) is 11.4 Å². The number of para-hydroxylation sites is 1. The molecule has 108 valence electrons. The van der Waals surface area contributed by atoms with Crippen LogP contribution in [0.15, 0.2) is 34.7 Å². The van der Waals surface area contributed by atoms with E-state index in [2.05, 4.69) is 5.32 Å². The average Bonchev–Trinajstić information content (AvgIpc) is 2.79. The Morgan fingerprint density at radius 2 is 2.10 bits per heavy atom. The zero-order valence-corrected chi connectivity index (χ0v) is 12.2. The van der Waals surface area contributed by atoms with Gasteiger partial charge in [-0.1, -0.05) is 18.2 Å². The van der Waals surface area contributed by atoms with Crippen molar-refractivity contribution in [3.8, 4) is 0 Å². The van der Waals surface area contributed by atoms with E-state index in [0.717, 1.165) is 36.0 Å². The second-order valence-electron chi connectivity index (χ2n) is 5.39. The largest absolute Gasteiger partial charge is 0.459 e. The maximum Gasteiger partial charge on any atom is 0.240 e. The number of fused-ring (bicyclic) bond motifs is 1. The third-order valence-electron chi connectivity index (χ3n) is 3.92. The number of amides is 1. The maximum atomic E-state index is 12.1. The first kappa shape index (κ1) is 14.9. The van der Waals surface area contributed by atoms with Crippen molar-refractivity contribution < 1.29 is 9.21 Å². The van der Waals surface area contributed by atoms with Gasteiger partial charge in [-0.15, -0.1) is 12.4 Å². The molecule has 4 nitrogen and oxygen atoms in total. The van der Waals surface area contributed by atoms with E-state index in [1.165, 1.54) is 0 Å². The highest BCUT2D eigenvalue weighted by atomic mass is 35.5. The number of nitrogens with two attached hydrogens (primary N) is 1. The molecular formula is C15H19ClN2O2. The molecule has 1 atom stereocenters. The summed E-state index contributed by atoms with van der Waals surface area (Å²) in [4.78, 5) is 12.1.